The largest absolute Gasteiger partial charge is 0.411 e. The normalized spacial score (nSPS) is 54.2. The van der Waals surface area contributed by atoms with E-state index in [9.17, 15) is 15.4 Å². The van der Waals surface area contributed by atoms with Crippen molar-refractivity contribution in [3.63, 3.8) is 0 Å². The molecular weight excluding hydrogens is 290 g/mol. The fourth-order valence-electron chi connectivity index (χ4n) is 6.47. The van der Waals surface area contributed by atoms with Crippen LogP contribution < -0.4 is 0 Å². The van der Waals surface area contributed by atoms with Crippen LogP contribution in [0.25, 0.3) is 0 Å². The van der Waals surface area contributed by atoms with Gasteiger partial charge in [-0.05, 0) is 73.7 Å². The van der Waals surface area contributed by atoms with Gasteiger partial charge in [0.25, 0.3) is 0 Å². The molecule has 128 valence electrons. The summed E-state index contributed by atoms with van der Waals surface area (Å²) in [4.78, 5) is 0. The molecule has 0 aromatic heterocycles. The summed E-state index contributed by atoms with van der Waals surface area (Å²) < 4.78 is 0. The maximum Gasteiger partial charge on any atom is 0.0832 e. The molecular formula is C19H29NO3. The van der Waals surface area contributed by atoms with Crippen LogP contribution in [-0.4, -0.2) is 33.3 Å². The Morgan fingerprint density at radius 3 is 2.57 bits per heavy atom. The molecule has 7 atom stereocenters. The first-order chi connectivity index (χ1) is 10.9. The molecule has 4 nitrogen and oxygen atoms in total. The summed E-state index contributed by atoms with van der Waals surface area (Å²) in [6, 6.07) is 0. The molecule has 3 fully saturated rings. The standard InChI is InChI=1S/C19H29NO3/c1-18-7-5-12(21)9-11(18)10-15(20-23)17-13-3-4-16(22)19(13,2)8-6-14(17)18/h10,12-14,16-17,21-23H,3-9H2,1-2H3/b20-15-/t12-,13-,14-,16-,17-,18-,19-/m0/s1. The Kier molecular flexibility index (Phi) is 3.44. The van der Waals surface area contributed by atoms with E-state index in [0.29, 0.717) is 18.3 Å². The molecule has 0 spiro atoms. The maximum atomic E-state index is 10.5. The van der Waals surface area contributed by atoms with Gasteiger partial charge in [-0.3, -0.25) is 0 Å². The van der Waals surface area contributed by atoms with Crippen LogP contribution in [0.1, 0.15) is 58.8 Å². The lowest BCUT2D eigenvalue weighted by Gasteiger charge is -2.57. The molecule has 0 aromatic carbocycles. The van der Waals surface area contributed by atoms with Crippen molar-refractivity contribution < 1.29 is 15.4 Å². The predicted octanol–water partition coefficient (Wildman–Crippen LogP) is 3.11. The zero-order valence-electron chi connectivity index (χ0n) is 14.2. The van der Waals surface area contributed by atoms with Gasteiger partial charge in [-0.2, -0.15) is 0 Å². The van der Waals surface area contributed by atoms with E-state index in [-0.39, 0.29) is 29.0 Å². The third-order valence-electron chi connectivity index (χ3n) is 8.00. The third-order valence-corrected chi connectivity index (χ3v) is 8.00. The number of aliphatic hydroxyl groups excluding tert-OH is 2. The van der Waals surface area contributed by atoms with Gasteiger partial charge < -0.3 is 15.4 Å². The van der Waals surface area contributed by atoms with Crippen molar-refractivity contribution in [3.8, 4) is 0 Å². The van der Waals surface area contributed by atoms with Gasteiger partial charge in [0, 0.05) is 5.92 Å². The van der Waals surface area contributed by atoms with Gasteiger partial charge in [0.2, 0.25) is 0 Å². The number of rotatable bonds is 0. The third kappa shape index (κ3) is 2.00. The van der Waals surface area contributed by atoms with Gasteiger partial charge in [-0.15, -0.1) is 0 Å². The Balaban J connectivity index is 1.79. The van der Waals surface area contributed by atoms with Crippen LogP contribution in [0.5, 0.6) is 0 Å². The quantitative estimate of drug-likeness (QED) is 0.474. The molecule has 0 saturated heterocycles. The van der Waals surface area contributed by atoms with E-state index in [1.165, 1.54) is 5.57 Å². The Morgan fingerprint density at radius 2 is 1.83 bits per heavy atom. The second-order valence-electron chi connectivity index (χ2n) is 8.88. The van der Waals surface area contributed by atoms with Crippen molar-refractivity contribution in [1.29, 1.82) is 0 Å². The highest BCUT2D eigenvalue weighted by Gasteiger charge is 2.60. The molecule has 3 saturated carbocycles. The molecule has 0 aromatic rings. The first-order valence-electron chi connectivity index (χ1n) is 9.19. The number of aliphatic hydroxyl groups is 2. The lowest BCUT2D eigenvalue weighted by Crippen LogP contribution is -2.54. The molecule has 3 N–H and O–H groups in total. The summed E-state index contributed by atoms with van der Waals surface area (Å²) in [5, 5.41) is 33.9. The van der Waals surface area contributed by atoms with Gasteiger partial charge in [-0.25, -0.2) is 0 Å². The molecule has 0 radical (unpaired) electrons. The first-order valence-corrected chi connectivity index (χ1v) is 9.19. The van der Waals surface area contributed by atoms with Crippen LogP contribution >= 0.6 is 0 Å². The predicted molar refractivity (Wildman–Crippen MR) is 88.3 cm³/mol. The minimum absolute atomic E-state index is 0.0347. The number of hydrogen-bond acceptors (Lipinski definition) is 4. The minimum atomic E-state index is -0.257. The highest BCUT2D eigenvalue weighted by atomic mass is 16.4. The molecule has 0 amide bonds. The number of allylic oxidation sites excluding steroid dienone is 1. The van der Waals surface area contributed by atoms with E-state index >= 15 is 0 Å². The molecule has 0 bridgehead atoms. The van der Waals surface area contributed by atoms with E-state index < -0.39 is 0 Å². The van der Waals surface area contributed by atoms with Gasteiger partial charge in [0.05, 0.1) is 17.9 Å². The summed E-state index contributed by atoms with van der Waals surface area (Å²) in [5.74, 6) is 1.13. The average Bonchev–Trinajstić information content (AvgIpc) is 2.83. The number of hydrogen-bond donors (Lipinski definition) is 3. The smallest absolute Gasteiger partial charge is 0.0832 e. The Morgan fingerprint density at radius 1 is 1.04 bits per heavy atom. The molecule has 4 heteroatoms. The molecule has 0 heterocycles. The van der Waals surface area contributed by atoms with Gasteiger partial charge in [0.15, 0.2) is 0 Å². The molecule has 4 aliphatic rings. The first kappa shape index (κ1) is 15.6. The second kappa shape index (κ2) is 5.06. The lowest BCUT2D eigenvalue weighted by molar-refractivity contribution is -0.0490. The molecule has 4 aliphatic carbocycles. The lowest BCUT2D eigenvalue weighted by atomic mass is 9.47. The fraction of sp³-hybridized carbons (Fsp3) is 0.842. The molecule has 4 rings (SSSR count). The summed E-state index contributed by atoms with van der Waals surface area (Å²) in [6.07, 6.45) is 8.23. The molecule has 23 heavy (non-hydrogen) atoms. The second-order valence-corrected chi connectivity index (χ2v) is 8.88. The minimum Gasteiger partial charge on any atom is -0.411 e. The average molecular weight is 319 g/mol. The molecule has 0 aliphatic heterocycles. The SMILES string of the molecule is C[C@]12CC[C@H]3[C@@H](/C(=N\O)C=C4C[C@@H](O)CC[C@@]43C)[C@@H]1CC[C@@H]2O. The number of oxime groups is 1. The summed E-state index contributed by atoms with van der Waals surface area (Å²) in [6.45, 7) is 4.58. The number of nitrogens with zero attached hydrogens (tertiary/aromatic N) is 1. The van der Waals surface area contributed by atoms with E-state index in [0.717, 1.165) is 44.2 Å². The van der Waals surface area contributed by atoms with Crippen molar-refractivity contribution in [1.82, 2.24) is 0 Å². The van der Waals surface area contributed by atoms with E-state index in [1.807, 2.05) is 0 Å². The van der Waals surface area contributed by atoms with Crippen molar-refractivity contribution >= 4 is 5.71 Å². The highest BCUT2D eigenvalue weighted by molar-refractivity contribution is 5.99. The van der Waals surface area contributed by atoms with Gasteiger partial charge in [-0.1, -0.05) is 24.6 Å². The van der Waals surface area contributed by atoms with E-state index in [1.54, 1.807) is 0 Å². The summed E-state index contributed by atoms with van der Waals surface area (Å²) >= 11 is 0. The van der Waals surface area contributed by atoms with Crippen LogP contribution in [-0.2, 0) is 0 Å². The zero-order valence-corrected chi connectivity index (χ0v) is 14.2. The zero-order chi connectivity index (χ0) is 16.4. The van der Waals surface area contributed by atoms with Crippen LogP contribution in [0.15, 0.2) is 16.8 Å². The topological polar surface area (TPSA) is 73.1 Å². The van der Waals surface area contributed by atoms with Crippen LogP contribution in [0.3, 0.4) is 0 Å². The van der Waals surface area contributed by atoms with Crippen LogP contribution in [0.2, 0.25) is 0 Å². The fourth-order valence-corrected chi connectivity index (χ4v) is 6.47. The van der Waals surface area contributed by atoms with Gasteiger partial charge >= 0.3 is 0 Å². The number of fused-ring (bicyclic) bond motifs is 5. The van der Waals surface area contributed by atoms with Crippen molar-refractivity contribution in [3.05, 3.63) is 11.6 Å². The summed E-state index contributed by atoms with van der Waals surface area (Å²) in [7, 11) is 0. The van der Waals surface area contributed by atoms with Crippen molar-refractivity contribution in [2.24, 2.45) is 33.7 Å². The summed E-state index contributed by atoms with van der Waals surface area (Å²) in [5.41, 5.74) is 2.15. The maximum absolute atomic E-state index is 10.5. The van der Waals surface area contributed by atoms with Crippen LogP contribution in [0, 0.1) is 28.6 Å². The molecule has 0 unspecified atom stereocenters. The van der Waals surface area contributed by atoms with Gasteiger partial charge in [0.1, 0.15) is 0 Å². The van der Waals surface area contributed by atoms with E-state index in [2.05, 4.69) is 25.1 Å². The van der Waals surface area contributed by atoms with E-state index in [4.69, 9.17) is 0 Å². The van der Waals surface area contributed by atoms with Crippen molar-refractivity contribution in [2.45, 2.75) is 71.0 Å². The Labute approximate surface area is 138 Å². The Hall–Kier alpha value is -0.870. The highest BCUT2D eigenvalue weighted by Crippen LogP contribution is 2.64. The van der Waals surface area contributed by atoms with Crippen molar-refractivity contribution in [2.75, 3.05) is 0 Å². The Bertz CT molecular complexity index is 571. The monoisotopic (exact) mass is 319 g/mol. The van der Waals surface area contributed by atoms with Crippen LogP contribution in [0.4, 0.5) is 0 Å².